The number of hydrogen-bond donors (Lipinski definition) is 4. The molecule has 6 nitrogen and oxygen atoms in total. The number of nitrogens with zero attached hydrogens (tertiary/aromatic N) is 2. The average Bonchev–Trinajstić information content (AvgIpc) is 2.30. The van der Waals surface area contributed by atoms with Gasteiger partial charge in [0.25, 0.3) is 0 Å². The Balaban J connectivity index is 3.35. The first kappa shape index (κ1) is 15.6. The molecule has 0 saturated heterocycles. The minimum atomic E-state index is -1.05. The Morgan fingerprint density at radius 1 is 1.58 bits per heavy atom. The lowest BCUT2D eigenvalue weighted by atomic mass is 10.1. The Hall–Kier alpha value is -1.47. The first-order chi connectivity index (χ1) is 8.79. The van der Waals surface area contributed by atoms with Crippen molar-refractivity contribution < 1.29 is 9.90 Å². The molecule has 0 amide bonds. The zero-order valence-corrected chi connectivity index (χ0v) is 12.5. The van der Waals surface area contributed by atoms with E-state index in [2.05, 4.69) is 22.9 Å². The number of aromatic carboxylic acids is 1. The van der Waals surface area contributed by atoms with Crippen LogP contribution in [0.2, 0.25) is 0 Å². The van der Waals surface area contributed by atoms with Gasteiger partial charge in [-0.1, -0.05) is 6.92 Å². The number of nitrogens with two attached hydrogens (primary N) is 1. The lowest BCUT2D eigenvalue weighted by Crippen LogP contribution is -2.35. The molecule has 0 aliphatic heterocycles. The predicted octanol–water partition coefficient (Wildman–Crippen LogP) is 1.67. The third-order valence-corrected chi connectivity index (χ3v) is 3.27. The van der Waals surface area contributed by atoms with Crippen LogP contribution < -0.4 is 11.1 Å². The molecular formula is C12H20N4O2S. The normalized spacial score (nSPS) is 12.5. The molecule has 1 unspecified atom stereocenters. The molecule has 1 heterocycles. The van der Waals surface area contributed by atoms with Crippen molar-refractivity contribution in [3.8, 4) is 0 Å². The second kappa shape index (κ2) is 6.12. The summed E-state index contributed by atoms with van der Waals surface area (Å²) < 4.78 is 0. The van der Waals surface area contributed by atoms with Crippen LogP contribution in [0, 0.1) is 6.92 Å². The van der Waals surface area contributed by atoms with Crippen molar-refractivity contribution in [1.29, 1.82) is 0 Å². The summed E-state index contributed by atoms with van der Waals surface area (Å²) in [6.45, 7) is 3.63. The molecule has 19 heavy (non-hydrogen) atoms. The van der Waals surface area contributed by atoms with Crippen LogP contribution in [0.15, 0.2) is 5.03 Å². The lowest BCUT2D eigenvalue weighted by molar-refractivity contribution is 0.0696. The van der Waals surface area contributed by atoms with Gasteiger partial charge in [-0.05, 0) is 27.4 Å². The maximum atomic E-state index is 11.4. The van der Waals surface area contributed by atoms with E-state index in [1.54, 1.807) is 6.92 Å². The van der Waals surface area contributed by atoms with Gasteiger partial charge in [0.2, 0.25) is 0 Å². The minimum Gasteiger partial charge on any atom is -0.478 e. The molecule has 4 N–H and O–H groups in total. The van der Waals surface area contributed by atoms with E-state index in [-0.39, 0.29) is 17.4 Å². The van der Waals surface area contributed by atoms with E-state index in [4.69, 9.17) is 5.73 Å². The summed E-state index contributed by atoms with van der Waals surface area (Å²) >= 11 is 4.17. The van der Waals surface area contributed by atoms with Gasteiger partial charge in [0, 0.05) is 0 Å². The van der Waals surface area contributed by atoms with E-state index >= 15 is 0 Å². The maximum Gasteiger partial charge on any atom is 0.339 e. The van der Waals surface area contributed by atoms with Crippen molar-refractivity contribution >= 4 is 30.0 Å². The van der Waals surface area contributed by atoms with Gasteiger partial charge in [-0.2, -0.15) is 0 Å². The van der Waals surface area contributed by atoms with Gasteiger partial charge in [0.05, 0.1) is 23.2 Å². The zero-order valence-electron chi connectivity index (χ0n) is 11.6. The largest absolute Gasteiger partial charge is 0.478 e. The number of nitrogen functional groups attached to an aromatic ring is 1. The van der Waals surface area contributed by atoms with E-state index in [0.29, 0.717) is 16.4 Å². The van der Waals surface area contributed by atoms with Crippen molar-refractivity contribution in [3.63, 3.8) is 0 Å². The second-order valence-corrected chi connectivity index (χ2v) is 4.95. The number of anilines is 2. The summed E-state index contributed by atoms with van der Waals surface area (Å²) in [5.41, 5.74) is 7.03. The van der Waals surface area contributed by atoms with Crippen molar-refractivity contribution in [2.45, 2.75) is 31.5 Å². The number of rotatable bonds is 5. The predicted molar refractivity (Wildman–Crippen MR) is 79.0 cm³/mol. The van der Waals surface area contributed by atoms with E-state index in [1.807, 2.05) is 25.9 Å². The van der Waals surface area contributed by atoms with Crippen LogP contribution in [0.25, 0.3) is 0 Å². The second-order valence-electron chi connectivity index (χ2n) is 4.52. The molecule has 106 valence electrons. The van der Waals surface area contributed by atoms with Gasteiger partial charge in [0.15, 0.2) is 0 Å². The fourth-order valence-electron chi connectivity index (χ4n) is 1.88. The Morgan fingerprint density at radius 3 is 2.58 bits per heavy atom. The molecule has 0 aliphatic carbocycles. The molecule has 7 heteroatoms. The monoisotopic (exact) mass is 284 g/mol. The molecule has 0 spiro atoms. The molecular weight excluding hydrogens is 264 g/mol. The van der Waals surface area contributed by atoms with Gasteiger partial charge in [0.1, 0.15) is 10.6 Å². The fourth-order valence-corrected chi connectivity index (χ4v) is 2.14. The number of pyridine rings is 1. The Bertz CT molecular complexity index is 491. The van der Waals surface area contributed by atoms with Crippen molar-refractivity contribution in [2.24, 2.45) is 0 Å². The van der Waals surface area contributed by atoms with Crippen LogP contribution in [-0.4, -0.2) is 41.2 Å². The van der Waals surface area contributed by atoms with Crippen molar-refractivity contribution in [3.05, 3.63) is 11.3 Å². The number of carboxylic acid groups (broad SMARTS) is 1. The average molecular weight is 284 g/mol. The number of carbonyl (C=O) groups is 1. The Kier molecular flexibility index (Phi) is 5.02. The first-order valence-electron chi connectivity index (χ1n) is 5.94. The summed E-state index contributed by atoms with van der Waals surface area (Å²) in [6.07, 6.45) is 0.782. The number of aryl methyl sites for hydroxylation is 1. The standard InChI is InChI=1S/C12H20N4O2S/c1-5-7(16(3)4)15-10-8(12(17)18)6(2)14-11(19)9(10)13/h7H,5,13H2,1-4H3,(H,17,18)(H2,14,15,19). The minimum absolute atomic E-state index is 0.0186. The third-order valence-electron chi connectivity index (χ3n) is 2.93. The zero-order chi connectivity index (χ0) is 14.7. The van der Waals surface area contributed by atoms with Crippen molar-refractivity contribution in [2.75, 3.05) is 25.1 Å². The van der Waals surface area contributed by atoms with Crippen molar-refractivity contribution in [1.82, 2.24) is 9.88 Å². The van der Waals surface area contributed by atoms with Gasteiger partial charge in [-0.25, -0.2) is 9.78 Å². The molecule has 0 radical (unpaired) electrons. The molecule has 0 aromatic carbocycles. The van der Waals surface area contributed by atoms with E-state index in [9.17, 15) is 9.90 Å². The Morgan fingerprint density at radius 2 is 2.16 bits per heavy atom. The summed E-state index contributed by atoms with van der Waals surface area (Å²) in [5, 5.41) is 12.8. The number of hydrogen-bond acceptors (Lipinski definition) is 6. The Labute approximate surface area is 118 Å². The van der Waals surface area contributed by atoms with Crippen LogP contribution in [-0.2, 0) is 0 Å². The molecule has 0 aliphatic rings. The molecule has 1 aromatic rings. The SMILES string of the molecule is CCC(Nc1c(N)c(S)nc(C)c1C(=O)O)N(C)C. The number of nitrogens with one attached hydrogen (secondary N) is 1. The van der Waals surface area contributed by atoms with Crippen LogP contribution in [0.1, 0.15) is 29.4 Å². The van der Waals surface area contributed by atoms with Crippen LogP contribution in [0.4, 0.5) is 11.4 Å². The molecule has 1 aromatic heterocycles. The maximum absolute atomic E-state index is 11.4. The highest BCUT2D eigenvalue weighted by molar-refractivity contribution is 7.80. The number of carboxylic acids is 1. The van der Waals surface area contributed by atoms with E-state index in [1.165, 1.54) is 0 Å². The van der Waals surface area contributed by atoms with E-state index < -0.39 is 5.97 Å². The highest BCUT2D eigenvalue weighted by Crippen LogP contribution is 2.31. The number of aromatic nitrogens is 1. The third kappa shape index (κ3) is 3.30. The lowest BCUT2D eigenvalue weighted by Gasteiger charge is -2.27. The molecule has 0 saturated carbocycles. The summed E-state index contributed by atoms with van der Waals surface area (Å²) in [6, 6.07) is 0. The van der Waals surface area contributed by atoms with Crippen LogP contribution >= 0.6 is 12.6 Å². The van der Waals surface area contributed by atoms with Crippen LogP contribution in [0.5, 0.6) is 0 Å². The summed E-state index contributed by atoms with van der Waals surface area (Å²) in [5.74, 6) is -1.05. The smallest absolute Gasteiger partial charge is 0.339 e. The van der Waals surface area contributed by atoms with Gasteiger partial charge < -0.3 is 16.2 Å². The fraction of sp³-hybridized carbons (Fsp3) is 0.500. The quantitative estimate of drug-likeness (QED) is 0.485. The van der Waals surface area contributed by atoms with Crippen LogP contribution in [0.3, 0.4) is 0 Å². The van der Waals surface area contributed by atoms with Gasteiger partial charge in [-0.15, -0.1) is 12.6 Å². The van der Waals surface area contributed by atoms with E-state index in [0.717, 1.165) is 6.42 Å². The summed E-state index contributed by atoms with van der Waals surface area (Å²) in [7, 11) is 3.82. The van der Waals surface area contributed by atoms with Gasteiger partial charge in [-0.3, -0.25) is 4.90 Å². The highest BCUT2D eigenvalue weighted by Gasteiger charge is 2.22. The number of thiol groups is 1. The highest BCUT2D eigenvalue weighted by atomic mass is 32.1. The topological polar surface area (TPSA) is 91.5 Å². The molecule has 0 bridgehead atoms. The first-order valence-corrected chi connectivity index (χ1v) is 6.39. The summed E-state index contributed by atoms with van der Waals surface area (Å²) in [4.78, 5) is 17.4. The molecule has 1 rings (SSSR count). The molecule has 0 fully saturated rings. The van der Waals surface area contributed by atoms with Gasteiger partial charge >= 0.3 is 5.97 Å². The molecule has 1 atom stereocenters.